The van der Waals surface area contributed by atoms with Gasteiger partial charge in [0.2, 0.25) is 0 Å². The number of ether oxygens (including phenoxy) is 1. The first kappa shape index (κ1) is 8.27. The van der Waals surface area contributed by atoms with Gasteiger partial charge in [0.25, 0.3) is 0 Å². The van der Waals surface area contributed by atoms with Crippen LogP contribution in [0.5, 0.6) is 5.75 Å². The Hall–Kier alpha value is -0.830. The molecule has 0 fully saturated rings. The number of hydrogen-bond donors (Lipinski definition) is 0. The third-order valence-electron chi connectivity index (χ3n) is 1.42. The molecule has 0 aliphatic rings. The Morgan fingerprint density at radius 2 is 2.45 bits per heavy atom. The maximum absolute atomic E-state index is 11.2. The maximum Gasteiger partial charge on any atom is 0.176 e. The molecule has 0 aliphatic carbocycles. The minimum absolute atomic E-state index is 0.150. The number of hydrogen-bond acceptors (Lipinski definition) is 3. The molecule has 3 heteroatoms. The summed E-state index contributed by atoms with van der Waals surface area (Å²) < 4.78 is 5.00. The van der Waals surface area contributed by atoms with Gasteiger partial charge >= 0.3 is 0 Å². The van der Waals surface area contributed by atoms with Gasteiger partial charge < -0.3 is 4.74 Å². The topological polar surface area (TPSA) is 26.3 Å². The average Bonchev–Trinajstić information content (AvgIpc) is 2.50. The average molecular weight is 170 g/mol. The summed E-state index contributed by atoms with van der Waals surface area (Å²) in [4.78, 5) is 11.9. The highest BCUT2D eigenvalue weighted by atomic mass is 32.1. The molecule has 0 amide bonds. The predicted octanol–water partition coefficient (Wildman–Crippen LogP) is 2.35. The van der Waals surface area contributed by atoms with Crippen molar-refractivity contribution in [2.24, 2.45) is 0 Å². The molecule has 0 unspecified atom stereocenters. The summed E-state index contributed by atoms with van der Waals surface area (Å²) >= 11 is 1.43. The molecule has 1 aromatic heterocycles. The second-order valence-electron chi connectivity index (χ2n) is 2.09. The van der Waals surface area contributed by atoms with Crippen LogP contribution in [0.2, 0.25) is 0 Å². The van der Waals surface area contributed by atoms with Crippen molar-refractivity contribution in [3.05, 3.63) is 16.3 Å². The molecule has 0 radical (unpaired) electrons. The smallest absolute Gasteiger partial charge is 0.176 e. The number of ketones is 1. The van der Waals surface area contributed by atoms with Gasteiger partial charge in [0.05, 0.1) is 7.11 Å². The Morgan fingerprint density at radius 1 is 1.73 bits per heavy atom. The van der Waals surface area contributed by atoms with Crippen molar-refractivity contribution >= 4 is 17.1 Å². The van der Waals surface area contributed by atoms with Crippen LogP contribution in [0.25, 0.3) is 0 Å². The molecule has 11 heavy (non-hydrogen) atoms. The molecular weight excluding hydrogens is 160 g/mol. The monoisotopic (exact) mass is 170 g/mol. The Balaban J connectivity index is 2.92. The zero-order valence-corrected chi connectivity index (χ0v) is 7.40. The summed E-state index contributed by atoms with van der Waals surface area (Å²) in [7, 11) is 1.58. The quantitative estimate of drug-likeness (QED) is 0.651. The molecule has 0 atom stereocenters. The van der Waals surface area contributed by atoms with Crippen molar-refractivity contribution in [3.8, 4) is 5.75 Å². The molecule has 0 aliphatic heterocycles. The van der Waals surface area contributed by atoms with Gasteiger partial charge in [0.1, 0.15) is 10.6 Å². The fourth-order valence-corrected chi connectivity index (χ4v) is 1.69. The second kappa shape index (κ2) is 3.53. The molecule has 2 nitrogen and oxygen atoms in total. The van der Waals surface area contributed by atoms with E-state index in [-0.39, 0.29) is 5.78 Å². The van der Waals surface area contributed by atoms with Crippen LogP contribution < -0.4 is 4.74 Å². The highest BCUT2D eigenvalue weighted by molar-refractivity contribution is 7.12. The van der Waals surface area contributed by atoms with E-state index in [0.29, 0.717) is 12.2 Å². The van der Waals surface area contributed by atoms with Gasteiger partial charge in [0, 0.05) is 6.42 Å². The van der Waals surface area contributed by atoms with Crippen molar-refractivity contribution in [1.82, 2.24) is 0 Å². The van der Waals surface area contributed by atoms with Crippen LogP contribution >= 0.6 is 11.3 Å². The molecule has 1 heterocycles. The SMILES string of the molecule is CCC(=O)c1sccc1OC. The van der Waals surface area contributed by atoms with E-state index < -0.39 is 0 Å². The van der Waals surface area contributed by atoms with Crippen LogP contribution in [-0.4, -0.2) is 12.9 Å². The molecule has 0 N–H and O–H groups in total. The lowest BCUT2D eigenvalue weighted by molar-refractivity contribution is 0.0989. The van der Waals surface area contributed by atoms with Crippen LogP contribution in [0.1, 0.15) is 23.0 Å². The van der Waals surface area contributed by atoms with Gasteiger partial charge in [-0.3, -0.25) is 4.79 Å². The summed E-state index contributed by atoms with van der Waals surface area (Å²) in [5.74, 6) is 0.846. The highest BCUT2D eigenvalue weighted by Gasteiger charge is 2.10. The van der Waals surface area contributed by atoms with Crippen molar-refractivity contribution < 1.29 is 9.53 Å². The first-order valence-corrected chi connectivity index (χ1v) is 4.32. The third kappa shape index (κ3) is 1.60. The Bertz CT molecular complexity index is 252. The molecule has 1 rings (SSSR count). The largest absolute Gasteiger partial charge is 0.495 e. The number of methoxy groups -OCH3 is 1. The van der Waals surface area contributed by atoms with E-state index in [4.69, 9.17) is 4.74 Å². The Labute approximate surface area is 69.8 Å². The molecule has 0 spiro atoms. The first-order chi connectivity index (χ1) is 5.29. The molecule has 0 aromatic carbocycles. The summed E-state index contributed by atoms with van der Waals surface area (Å²) in [5, 5.41) is 1.86. The lowest BCUT2D eigenvalue weighted by atomic mass is 10.2. The van der Waals surface area contributed by atoms with Gasteiger partial charge in [-0.2, -0.15) is 0 Å². The van der Waals surface area contributed by atoms with E-state index >= 15 is 0 Å². The fourth-order valence-electron chi connectivity index (χ4n) is 0.822. The number of Topliss-reactive ketones (excluding diaryl/α,β-unsaturated/α-hetero) is 1. The Morgan fingerprint density at radius 3 is 3.00 bits per heavy atom. The van der Waals surface area contributed by atoms with Gasteiger partial charge in [0.15, 0.2) is 5.78 Å². The fraction of sp³-hybridized carbons (Fsp3) is 0.375. The lowest BCUT2D eigenvalue weighted by Crippen LogP contribution is -1.95. The van der Waals surface area contributed by atoms with Crippen molar-refractivity contribution in [2.45, 2.75) is 13.3 Å². The lowest BCUT2D eigenvalue weighted by Gasteiger charge is -1.97. The van der Waals surface area contributed by atoms with Gasteiger partial charge in [-0.25, -0.2) is 0 Å². The third-order valence-corrected chi connectivity index (χ3v) is 2.36. The minimum atomic E-state index is 0.150. The van der Waals surface area contributed by atoms with Crippen LogP contribution in [0.4, 0.5) is 0 Å². The van der Waals surface area contributed by atoms with Crippen molar-refractivity contribution in [2.75, 3.05) is 7.11 Å². The van der Waals surface area contributed by atoms with Gasteiger partial charge in [-0.1, -0.05) is 6.92 Å². The van der Waals surface area contributed by atoms with Crippen LogP contribution in [0.15, 0.2) is 11.4 Å². The molecule has 1 aromatic rings. The predicted molar refractivity (Wildman–Crippen MR) is 45.5 cm³/mol. The van der Waals surface area contributed by atoms with Crippen LogP contribution in [0.3, 0.4) is 0 Å². The van der Waals surface area contributed by atoms with Crippen molar-refractivity contribution in [3.63, 3.8) is 0 Å². The van der Waals surface area contributed by atoms with E-state index in [1.165, 1.54) is 11.3 Å². The summed E-state index contributed by atoms with van der Waals surface area (Å²) in [6, 6.07) is 1.81. The summed E-state index contributed by atoms with van der Waals surface area (Å²) in [6.45, 7) is 1.85. The molecular formula is C8H10O2S. The number of carbonyl (C=O) groups excluding carboxylic acids is 1. The Kier molecular flexibility index (Phi) is 2.65. The second-order valence-corrected chi connectivity index (χ2v) is 3.01. The summed E-state index contributed by atoms with van der Waals surface area (Å²) in [6.07, 6.45) is 0.539. The van der Waals surface area contributed by atoms with Crippen LogP contribution in [-0.2, 0) is 0 Å². The van der Waals surface area contributed by atoms with E-state index in [0.717, 1.165) is 4.88 Å². The number of thiophene rings is 1. The maximum atomic E-state index is 11.2. The summed E-state index contributed by atoms with van der Waals surface area (Å²) in [5.41, 5.74) is 0. The molecule has 60 valence electrons. The minimum Gasteiger partial charge on any atom is -0.495 e. The van der Waals surface area contributed by atoms with Crippen LogP contribution in [0, 0.1) is 0 Å². The van der Waals surface area contributed by atoms with E-state index in [1.54, 1.807) is 7.11 Å². The van der Waals surface area contributed by atoms with E-state index in [2.05, 4.69) is 0 Å². The number of rotatable bonds is 3. The van der Waals surface area contributed by atoms with E-state index in [1.807, 2.05) is 18.4 Å². The highest BCUT2D eigenvalue weighted by Crippen LogP contribution is 2.25. The van der Waals surface area contributed by atoms with Gasteiger partial charge in [-0.15, -0.1) is 11.3 Å². The number of carbonyl (C=O) groups is 1. The zero-order valence-electron chi connectivity index (χ0n) is 6.59. The normalized spacial score (nSPS) is 9.64. The molecule has 0 saturated carbocycles. The zero-order chi connectivity index (χ0) is 8.27. The van der Waals surface area contributed by atoms with E-state index in [9.17, 15) is 4.79 Å². The molecule has 0 bridgehead atoms. The standard InChI is InChI=1S/C8H10O2S/c1-3-6(9)8-7(10-2)4-5-11-8/h4-5H,3H2,1-2H3. The van der Waals surface area contributed by atoms with Gasteiger partial charge in [-0.05, 0) is 11.4 Å². The van der Waals surface area contributed by atoms with Crippen molar-refractivity contribution in [1.29, 1.82) is 0 Å². The first-order valence-electron chi connectivity index (χ1n) is 3.44. The molecule has 0 saturated heterocycles.